The number of carboxylic acid groups (broad SMARTS) is 2. The maximum Gasteiger partial charge on any atom is 0.328 e. The van der Waals surface area contributed by atoms with Crippen LogP contribution in [0.15, 0.2) is 73.4 Å². The minimum absolute atomic E-state index is 0.0198. The fourth-order valence-electron chi connectivity index (χ4n) is 11.2. The van der Waals surface area contributed by atoms with Crippen molar-refractivity contribution >= 4 is 110 Å². The number of aliphatic hydroxyl groups is 2. The number of nitrogens with two attached hydrogens (primary N) is 1. The average molecular weight is 1470 g/mol. The summed E-state index contributed by atoms with van der Waals surface area (Å²) in [6.45, 7) is 15.3. The van der Waals surface area contributed by atoms with E-state index in [4.69, 9.17) is 10.8 Å². The molecule has 3 aromatic heterocycles. The Hall–Kier alpha value is -9.97. The van der Waals surface area contributed by atoms with Crippen molar-refractivity contribution in [3.8, 4) is 0 Å². The van der Waals surface area contributed by atoms with Gasteiger partial charge in [-0.2, -0.15) is 11.8 Å². The van der Waals surface area contributed by atoms with E-state index in [0.717, 1.165) is 10.9 Å². The van der Waals surface area contributed by atoms with Crippen molar-refractivity contribution in [3.05, 3.63) is 90.3 Å². The van der Waals surface area contributed by atoms with Crippen molar-refractivity contribution in [2.24, 2.45) is 23.5 Å². The average Bonchev–Trinajstić information content (AvgIpc) is 1.63. The first-order valence-electron chi connectivity index (χ1n) is 34.3. The molecule has 11 amide bonds. The smallest absolute Gasteiger partial charge is 0.328 e. The summed E-state index contributed by atoms with van der Waals surface area (Å²) >= 11 is 1.17. The zero-order chi connectivity index (χ0) is 77.2. The molecule has 0 spiro atoms. The number of H-pyrrole nitrogens is 3. The van der Waals surface area contributed by atoms with E-state index in [1.54, 1.807) is 83.6 Å². The summed E-state index contributed by atoms with van der Waals surface area (Å²) in [5, 5.41) is 73.5. The second-order valence-electron chi connectivity index (χ2n) is 26.9. The first-order valence-corrected chi connectivity index (χ1v) is 35.7. The third kappa shape index (κ3) is 26.1. The Bertz CT molecular complexity index is 3770. The molecule has 5 rings (SSSR count). The minimum Gasteiger partial charge on any atom is -0.481 e. The number of carboxylic acids is 2. The Balaban J connectivity index is 1.27. The first kappa shape index (κ1) is 84.7. The molecule has 14 atom stereocenters. The highest BCUT2D eigenvalue weighted by atomic mass is 32.2. The molecule has 0 radical (unpaired) electrons. The van der Waals surface area contributed by atoms with Gasteiger partial charge >= 0.3 is 11.9 Å². The summed E-state index contributed by atoms with van der Waals surface area (Å²) in [4.78, 5) is 189. The lowest BCUT2D eigenvalue weighted by Crippen LogP contribution is -2.62. The number of carbonyl (C=O) groups is 13. The second-order valence-corrected chi connectivity index (χ2v) is 27.8. The van der Waals surface area contributed by atoms with Crippen molar-refractivity contribution in [1.29, 1.82) is 0 Å². The number of aliphatic carboxylic acids is 2. The number of aliphatic hydroxyl groups excluding tert-OH is 2. The zero-order valence-electron chi connectivity index (χ0n) is 60.1. The summed E-state index contributed by atoms with van der Waals surface area (Å²) in [6.07, 6.45) is 3.67. The minimum atomic E-state index is -1.69. The molecule has 0 fully saturated rings. The number of carbonyl (C=O) groups excluding carboxylic acids is 11. The van der Waals surface area contributed by atoms with Crippen molar-refractivity contribution in [2.45, 2.75) is 199 Å². The third-order valence-electron chi connectivity index (χ3n) is 16.9. The number of amides is 11. The molecule has 0 aliphatic heterocycles. The Morgan fingerprint density at radius 1 is 0.519 bits per heavy atom. The van der Waals surface area contributed by atoms with Gasteiger partial charge in [0.1, 0.15) is 54.6 Å². The van der Waals surface area contributed by atoms with Gasteiger partial charge in [0.05, 0.1) is 43.5 Å². The Morgan fingerprint density at radius 2 is 1.00 bits per heavy atom. The third-order valence-corrected chi connectivity index (χ3v) is 17.5. The van der Waals surface area contributed by atoms with Crippen LogP contribution in [0.1, 0.15) is 112 Å². The van der Waals surface area contributed by atoms with Crippen LogP contribution in [0.5, 0.6) is 0 Å². The Labute approximate surface area is 605 Å². The van der Waals surface area contributed by atoms with E-state index in [9.17, 15) is 77.6 Å². The fourth-order valence-corrected chi connectivity index (χ4v) is 11.8. The molecule has 0 aliphatic rings. The molecule has 570 valence electrons. The molecule has 5 aromatic rings. The van der Waals surface area contributed by atoms with Crippen LogP contribution in [0.25, 0.3) is 21.8 Å². The second kappa shape index (κ2) is 40.8. The van der Waals surface area contributed by atoms with Crippen LogP contribution in [-0.4, -0.2) is 221 Å². The fraction of sp³-hybridized carbons (Fsp3) is 0.536. The predicted molar refractivity (Wildman–Crippen MR) is 385 cm³/mol. The number of hydrogen-bond acceptors (Lipinski definition) is 19. The first-order chi connectivity index (χ1) is 49.1. The largest absolute Gasteiger partial charge is 0.481 e. The van der Waals surface area contributed by atoms with Gasteiger partial charge in [0.15, 0.2) is 6.04 Å². The molecule has 0 aliphatic carbocycles. The number of para-hydroxylation sites is 2. The summed E-state index contributed by atoms with van der Waals surface area (Å²) in [5.74, 6) is -13.0. The summed E-state index contributed by atoms with van der Waals surface area (Å²) in [5.41, 5.74) is 8.73. The van der Waals surface area contributed by atoms with Gasteiger partial charge < -0.3 is 99.6 Å². The molecular weight excluding hydrogens is 1370 g/mol. The summed E-state index contributed by atoms with van der Waals surface area (Å²) in [7, 11) is 0. The van der Waals surface area contributed by atoms with E-state index < -0.39 is 181 Å². The molecule has 35 heteroatoms. The Kier molecular flexibility index (Phi) is 33.2. The zero-order valence-corrected chi connectivity index (χ0v) is 61.0. The van der Waals surface area contributed by atoms with Crippen LogP contribution in [0.3, 0.4) is 0 Å². The lowest BCUT2D eigenvalue weighted by Gasteiger charge is -2.32. The van der Waals surface area contributed by atoms with E-state index in [1.165, 1.54) is 45.1 Å². The van der Waals surface area contributed by atoms with Crippen molar-refractivity contribution in [3.63, 3.8) is 0 Å². The van der Waals surface area contributed by atoms with Crippen molar-refractivity contribution in [2.75, 3.05) is 18.6 Å². The summed E-state index contributed by atoms with van der Waals surface area (Å²) < 4.78 is 0. The number of imidazole rings is 1. The predicted octanol–water partition coefficient (Wildman–Crippen LogP) is -1.53. The number of hydrogen-bond donors (Lipinski definition) is 20. The molecule has 0 saturated heterocycles. The molecular formula is C69H101N17O17S. The quantitative estimate of drug-likeness (QED) is 0.0197. The number of fused-ring (bicyclic) bond motifs is 2. The number of nitrogens with zero attached hydrogens (tertiary/aromatic N) is 1. The van der Waals surface area contributed by atoms with Crippen molar-refractivity contribution in [1.82, 2.24) is 83.7 Å². The molecule has 0 bridgehead atoms. The topological polar surface area (TPSA) is 533 Å². The van der Waals surface area contributed by atoms with Gasteiger partial charge in [-0.3, -0.25) is 62.9 Å². The molecule has 2 aromatic carbocycles. The van der Waals surface area contributed by atoms with Gasteiger partial charge in [0, 0.05) is 71.1 Å². The van der Waals surface area contributed by atoms with Gasteiger partial charge in [-0.1, -0.05) is 84.9 Å². The van der Waals surface area contributed by atoms with Crippen LogP contribution in [0.4, 0.5) is 0 Å². The SMILES string of the molecule is CC[C@H](NC(=O)[C@@H](N)CC(=O)O)C(=O)N[C@@H](C)C(=O)N[C@@H](Cc1c[nH]c2ccccc12)C(=O)N[C@@H](Cc1cnc[nH]1)C(=O)N[C@@H](CC(C)C)C(=O)NCC(=O)NC(C)C(=O)N[C@@H](CC(C)C)C(O)N[C@H](C(=O)N[C@@H](Cc1c[nH]c2ccccc12)C(=O)N[C@@H](CSC)C(=O)N[C@H](C(=O)O)[C@@H](C)O)C(C)C. The molecule has 2 unspecified atom stereocenters. The molecule has 3 heterocycles. The van der Waals surface area contributed by atoms with Crippen LogP contribution in [-0.2, 0) is 81.6 Å². The van der Waals surface area contributed by atoms with E-state index in [2.05, 4.69) is 83.7 Å². The number of aromatic amines is 3. The molecule has 21 N–H and O–H groups in total. The maximum absolute atomic E-state index is 14.7. The van der Waals surface area contributed by atoms with Gasteiger partial charge in [-0.05, 0) is 87.3 Å². The number of thioether (sulfide) groups is 1. The lowest BCUT2D eigenvalue weighted by atomic mass is 9.98. The normalized spacial score (nSPS) is 15.5. The highest BCUT2D eigenvalue weighted by Gasteiger charge is 2.38. The molecule has 34 nitrogen and oxygen atoms in total. The van der Waals surface area contributed by atoms with Crippen LogP contribution in [0, 0.1) is 17.8 Å². The number of aromatic nitrogens is 4. The van der Waals surface area contributed by atoms with Gasteiger partial charge in [0.2, 0.25) is 65.0 Å². The van der Waals surface area contributed by atoms with Crippen LogP contribution in [0.2, 0.25) is 0 Å². The number of benzene rings is 2. The van der Waals surface area contributed by atoms with Crippen LogP contribution >= 0.6 is 11.8 Å². The Morgan fingerprint density at radius 3 is 1.50 bits per heavy atom. The maximum atomic E-state index is 14.7. The number of nitrogens with one attached hydrogen (secondary N) is 15. The van der Waals surface area contributed by atoms with E-state index in [-0.39, 0.29) is 56.1 Å². The van der Waals surface area contributed by atoms with E-state index >= 15 is 0 Å². The standard InChI is InChI=1S/C69H101N17O17S/c1-12-45(78-60(93)44(70)26-55(89)90)62(95)77-37(9)59(92)80-50(23-39-27-72-46-19-15-13-17-42(39)46)63(96)82-52(25-41-29-71-32-75-41)65(98)81-48(21-33(2)3)61(94)74-30-54(88)76-36(8)58(91)79-49(22-34(4)5)66(99)85-56(35(6)7)68(101)83-51(24-40-28-73-47-20-16-14-18-43(40)47)64(97)84-53(31-104-11)67(100)86-57(38(10)87)69(102)103/h13-20,27-29,32-38,44-45,48-53,56-57,66,72-73,85,87,99H,12,21-26,30-31,70H2,1-11H3,(H,71,75)(H,74,94)(H,76,88)(H,77,95)(H,78,93)(H,79,91)(H,80,92)(H,81,98)(H,82,96)(H,83,101)(H,84,97)(H,86,100)(H,89,90)(H,102,103)/t36?,37-,38+,44-,45-,48-,49-,50-,51-,52-,53-,56-,57-,66?/m0/s1. The van der Waals surface area contributed by atoms with E-state index in [0.29, 0.717) is 27.7 Å². The molecule has 0 saturated carbocycles. The highest BCUT2D eigenvalue weighted by molar-refractivity contribution is 7.98. The summed E-state index contributed by atoms with van der Waals surface area (Å²) in [6, 6.07) is -1.78. The van der Waals surface area contributed by atoms with Crippen molar-refractivity contribution < 1.29 is 82.8 Å². The van der Waals surface area contributed by atoms with Gasteiger partial charge in [0.25, 0.3) is 0 Å². The van der Waals surface area contributed by atoms with Gasteiger partial charge in [-0.15, -0.1) is 0 Å². The van der Waals surface area contributed by atoms with E-state index in [1.807, 2.05) is 32.0 Å². The van der Waals surface area contributed by atoms with Crippen LogP contribution < -0.4 is 69.5 Å². The lowest BCUT2D eigenvalue weighted by molar-refractivity contribution is -0.145. The number of rotatable bonds is 43. The molecule has 104 heavy (non-hydrogen) atoms. The van der Waals surface area contributed by atoms with Gasteiger partial charge in [-0.25, -0.2) is 9.78 Å². The monoisotopic (exact) mass is 1470 g/mol. The highest BCUT2D eigenvalue weighted by Crippen LogP contribution is 2.22.